The van der Waals surface area contributed by atoms with Gasteiger partial charge in [0.25, 0.3) is 16.8 Å². The highest BCUT2D eigenvalue weighted by molar-refractivity contribution is 6.33. The van der Waals surface area contributed by atoms with Gasteiger partial charge in [-0.15, -0.1) is 0 Å². The average molecular weight is 566 g/mol. The van der Waals surface area contributed by atoms with E-state index in [4.69, 9.17) is 16.0 Å². The molecular formula is C29H25ClFN3O6. The molecule has 40 heavy (non-hydrogen) atoms. The van der Waals surface area contributed by atoms with Crippen molar-refractivity contribution >= 4 is 46.2 Å². The third-order valence-corrected chi connectivity index (χ3v) is 7.24. The van der Waals surface area contributed by atoms with Crippen LogP contribution >= 0.6 is 11.6 Å². The maximum atomic E-state index is 14.1. The average Bonchev–Trinajstić information content (AvgIpc) is 3.47. The zero-order chi connectivity index (χ0) is 29.1. The summed E-state index contributed by atoms with van der Waals surface area (Å²) in [6.45, 7) is 7.56. The lowest BCUT2D eigenvalue weighted by Crippen LogP contribution is -2.39. The van der Waals surface area contributed by atoms with Gasteiger partial charge in [0, 0.05) is 10.6 Å². The predicted molar refractivity (Wildman–Crippen MR) is 149 cm³/mol. The second-order valence-corrected chi connectivity index (χ2v) is 11.1. The molecule has 5 rings (SSSR count). The highest BCUT2D eigenvalue weighted by Gasteiger charge is 2.37. The minimum atomic E-state index is -1.33. The number of halogens is 2. The van der Waals surface area contributed by atoms with Crippen molar-refractivity contribution in [2.75, 3.05) is 15.5 Å². The van der Waals surface area contributed by atoms with Gasteiger partial charge in [0.2, 0.25) is 0 Å². The van der Waals surface area contributed by atoms with Crippen LogP contribution < -0.4 is 26.4 Å². The van der Waals surface area contributed by atoms with E-state index in [1.807, 2.05) is 20.8 Å². The monoisotopic (exact) mass is 565 g/mol. The van der Waals surface area contributed by atoms with Crippen LogP contribution in [-0.2, 0) is 6.54 Å². The summed E-state index contributed by atoms with van der Waals surface area (Å²) in [6.07, 6.45) is 0. The number of anilines is 4. The number of aromatic carboxylic acids is 1. The molecule has 1 aliphatic rings. The van der Waals surface area contributed by atoms with E-state index in [0.717, 1.165) is 23.1 Å². The van der Waals surface area contributed by atoms with Gasteiger partial charge in [0.15, 0.2) is 0 Å². The van der Waals surface area contributed by atoms with E-state index in [9.17, 15) is 28.7 Å². The number of nitrogens with zero attached hydrogens (tertiary/aromatic N) is 1. The summed E-state index contributed by atoms with van der Waals surface area (Å²) in [7, 11) is 0. The quantitative estimate of drug-likeness (QED) is 0.241. The Morgan fingerprint density at radius 2 is 1.77 bits per heavy atom. The molecule has 0 fully saturated rings. The van der Waals surface area contributed by atoms with Crippen molar-refractivity contribution < 1.29 is 23.5 Å². The maximum absolute atomic E-state index is 14.1. The zero-order valence-corrected chi connectivity index (χ0v) is 22.8. The van der Waals surface area contributed by atoms with Crippen LogP contribution in [0.3, 0.4) is 0 Å². The number of carboxylic acid groups (broad SMARTS) is 1. The molecule has 11 heteroatoms. The molecule has 4 aromatic rings. The van der Waals surface area contributed by atoms with Gasteiger partial charge in [-0.25, -0.2) is 9.18 Å². The van der Waals surface area contributed by atoms with Crippen LogP contribution in [0.1, 0.15) is 64.6 Å². The van der Waals surface area contributed by atoms with E-state index in [2.05, 4.69) is 10.6 Å². The second kappa shape index (κ2) is 9.63. The van der Waals surface area contributed by atoms with E-state index in [-0.39, 0.29) is 45.4 Å². The van der Waals surface area contributed by atoms with Gasteiger partial charge in [0.1, 0.15) is 28.7 Å². The number of rotatable bonds is 7. The van der Waals surface area contributed by atoms with Gasteiger partial charge in [-0.05, 0) is 54.8 Å². The first-order chi connectivity index (χ1) is 18.8. The van der Waals surface area contributed by atoms with Gasteiger partial charge in [0.05, 0.1) is 35.1 Å². The summed E-state index contributed by atoms with van der Waals surface area (Å²) in [5.41, 5.74) is -1.64. The highest BCUT2D eigenvalue weighted by Crippen LogP contribution is 2.41. The van der Waals surface area contributed by atoms with Crippen molar-refractivity contribution in [3.8, 4) is 0 Å². The first-order valence-electron chi connectivity index (χ1n) is 12.4. The number of amides is 1. The molecule has 0 radical (unpaired) electrons. The number of furan rings is 1. The van der Waals surface area contributed by atoms with Crippen LogP contribution in [0.4, 0.5) is 27.1 Å². The molecule has 0 spiro atoms. The van der Waals surface area contributed by atoms with Gasteiger partial charge in [-0.2, -0.15) is 0 Å². The molecule has 0 aliphatic carbocycles. The largest absolute Gasteiger partial charge is 0.478 e. The molecule has 2 heterocycles. The first kappa shape index (κ1) is 27.1. The van der Waals surface area contributed by atoms with Crippen LogP contribution in [0.5, 0.6) is 0 Å². The van der Waals surface area contributed by atoms with Gasteiger partial charge < -0.3 is 25.1 Å². The van der Waals surface area contributed by atoms with Crippen LogP contribution in [0.2, 0.25) is 5.02 Å². The molecule has 0 saturated heterocycles. The van der Waals surface area contributed by atoms with Gasteiger partial charge in [-0.1, -0.05) is 32.4 Å². The number of carboxylic acids is 1. The molecule has 206 valence electrons. The van der Waals surface area contributed by atoms with Crippen LogP contribution in [0.15, 0.2) is 56.5 Å². The number of carbonyl (C=O) groups excluding carboxylic acids is 1. The van der Waals surface area contributed by atoms with Crippen LogP contribution in [0.25, 0.3) is 0 Å². The summed E-state index contributed by atoms with van der Waals surface area (Å²) in [4.78, 5) is 51.8. The molecule has 1 amide bonds. The molecule has 1 aliphatic heterocycles. The lowest BCUT2D eigenvalue weighted by atomic mass is 9.85. The Morgan fingerprint density at radius 1 is 1.07 bits per heavy atom. The van der Waals surface area contributed by atoms with Crippen molar-refractivity contribution in [1.29, 1.82) is 0 Å². The van der Waals surface area contributed by atoms with Gasteiger partial charge in [-0.3, -0.25) is 14.4 Å². The Hall–Kier alpha value is -4.44. The Labute approximate surface area is 232 Å². The fraction of sp³-hybridized carbons (Fsp3) is 0.241. The number of hydrogen-bond acceptors (Lipinski definition) is 7. The van der Waals surface area contributed by atoms with E-state index >= 15 is 0 Å². The van der Waals surface area contributed by atoms with Crippen LogP contribution in [-0.4, -0.2) is 17.0 Å². The number of benzene rings is 2. The standard InChI is InChI=1S/C29H25ClFN3O6/c1-13-5-10-20(40-13)26(29(2,3)4)33-23-22(24(35)25(23)36)32-18-9-8-17(30)16-12-34(27(37)21(16)18)19-11-14(31)6-7-15(19)28(38)39/h5-11,26,32-33H,12H2,1-4H3,(H,38,39)/t26-/m0/s1. The molecule has 9 nitrogen and oxygen atoms in total. The van der Waals surface area contributed by atoms with E-state index in [0.29, 0.717) is 17.1 Å². The Kier molecular flexibility index (Phi) is 6.54. The van der Waals surface area contributed by atoms with E-state index in [1.165, 1.54) is 12.1 Å². The molecule has 1 aromatic heterocycles. The molecular weight excluding hydrogens is 541 g/mol. The smallest absolute Gasteiger partial charge is 0.337 e. The topological polar surface area (TPSA) is 129 Å². The fourth-order valence-corrected chi connectivity index (χ4v) is 5.06. The summed E-state index contributed by atoms with van der Waals surface area (Å²) >= 11 is 6.39. The van der Waals surface area contributed by atoms with Gasteiger partial charge >= 0.3 is 5.97 Å². The lowest BCUT2D eigenvalue weighted by molar-refractivity contribution is 0.0697. The second-order valence-electron chi connectivity index (χ2n) is 10.7. The van der Waals surface area contributed by atoms with E-state index in [1.54, 1.807) is 19.1 Å². The third kappa shape index (κ3) is 4.54. The number of hydrogen-bond donors (Lipinski definition) is 3. The van der Waals surface area contributed by atoms with Crippen LogP contribution in [0, 0.1) is 18.2 Å². The number of fused-ring (bicyclic) bond motifs is 1. The van der Waals surface area contributed by atoms with Crippen molar-refractivity contribution in [3.05, 3.63) is 102 Å². The molecule has 3 N–H and O–H groups in total. The Bertz CT molecular complexity index is 1760. The van der Waals surface area contributed by atoms with E-state index < -0.39 is 40.0 Å². The predicted octanol–water partition coefficient (Wildman–Crippen LogP) is 5.78. The first-order valence-corrected chi connectivity index (χ1v) is 12.7. The highest BCUT2D eigenvalue weighted by atomic mass is 35.5. The maximum Gasteiger partial charge on any atom is 0.337 e. The molecule has 0 unspecified atom stereocenters. The third-order valence-electron chi connectivity index (χ3n) is 6.88. The minimum Gasteiger partial charge on any atom is -0.478 e. The van der Waals surface area contributed by atoms with Crippen molar-refractivity contribution in [3.63, 3.8) is 0 Å². The van der Waals surface area contributed by atoms with Crippen molar-refractivity contribution in [2.24, 2.45) is 5.41 Å². The number of carbonyl (C=O) groups is 2. The molecule has 3 aromatic carbocycles. The normalized spacial score (nSPS) is 13.9. The Balaban J connectivity index is 1.52. The summed E-state index contributed by atoms with van der Waals surface area (Å²) < 4.78 is 19.9. The summed E-state index contributed by atoms with van der Waals surface area (Å²) in [6, 6.07) is 9.20. The molecule has 0 saturated carbocycles. The molecule has 1 atom stereocenters. The fourth-order valence-electron chi connectivity index (χ4n) is 4.84. The van der Waals surface area contributed by atoms with Crippen molar-refractivity contribution in [1.82, 2.24) is 0 Å². The minimum absolute atomic E-state index is 0.0321. The zero-order valence-electron chi connectivity index (χ0n) is 22.0. The number of aryl methyl sites for hydroxylation is 1. The Morgan fingerprint density at radius 3 is 2.40 bits per heavy atom. The SMILES string of the molecule is Cc1ccc([C@H](Nc2c(Nc3ccc(Cl)c4c3C(=O)N(c3cc(F)ccc3C(=O)O)C4)c(=O)c2=O)C(C)(C)C)o1. The molecule has 0 bridgehead atoms. The summed E-state index contributed by atoms with van der Waals surface area (Å²) in [5, 5.41) is 15.9. The number of nitrogens with one attached hydrogen (secondary N) is 2. The van der Waals surface area contributed by atoms with Crippen molar-refractivity contribution in [2.45, 2.75) is 40.3 Å². The summed E-state index contributed by atoms with van der Waals surface area (Å²) in [5.74, 6) is -1.40. The lowest BCUT2D eigenvalue weighted by Gasteiger charge is -2.31.